The molecule has 0 radical (unpaired) electrons. The van der Waals surface area contributed by atoms with E-state index in [1.54, 1.807) is 67.6 Å². The van der Waals surface area contributed by atoms with Crippen LogP contribution in [0.15, 0.2) is 70.7 Å². The number of halogens is 1. The molecule has 1 aliphatic heterocycles. The number of hydrogen-bond acceptors (Lipinski definition) is 5. The van der Waals surface area contributed by atoms with Crippen LogP contribution in [0.3, 0.4) is 0 Å². The molecule has 31 heavy (non-hydrogen) atoms. The van der Waals surface area contributed by atoms with Gasteiger partial charge >= 0.3 is 5.97 Å². The predicted molar refractivity (Wildman–Crippen MR) is 115 cm³/mol. The average molecular weight is 437 g/mol. The van der Waals surface area contributed by atoms with Gasteiger partial charge in [-0.2, -0.15) is 0 Å². The second kappa shape index (κ2) is 8.49. The van der Waals surface area contributed by atoms with Crippen LogP contribution in [-0.2, 0) is 14.3 Å². The number of hydrazine groups is 1. The Morgan fingerprint density at radius 2 is 1.77 bits per heavy atom. The highest BCUT2D eigenvalue weighted by Crippen LogP contribution is 2.26. The SMILES string of the molecule is CCOC(=O)c1ccc(-c2ccc(/C=C3/C(=O)NN(c4ccc(Cl)cc4)C3=O)o2)cc1. The van der Waals surface area contributed by atoms with Crippen LogP contribution in [0.2, 0.25) is 5.02 Å². The first kappa shape index (κ1) is 20.4. The highest BCUT2D eigenvalue weighted by molar-refractivity contribution is 6.32. The summed E-state index contributed by atoms with van der Waals surface area (Å²) in [6.07, 6.45) is 1.39. The van der Waals surface area contributed by atoms with E-state index < -0.39 is 17.8 Å². The maximum atomic E-state index is 12.7. The third-order valence-corrected chi connectivity index (χ3v) is 4.82. The quantitative estimate of drug-likeness (QED) is 0.367. The zero-order valence-electron chi connectivity index (χ0n) is 16.4. The number of carbonyl (C=O) groups is 3. The van der Waals surface area contributed by atoms with Crippen LogP contribution in [0, 0.1) is 0 Å². The summed E-state index contributed by atoms with van der Waals surface area (Å²) in [4.78, 5) is 36.8. The summed E-state index contributed by atoms with van der Waals surface area (Å²) in [5.74, 6) is -0.542. The fourth-order valence-corrected chi connectivity index (χ4v) is 3.17. The fourth-order valence-electron chi connectivity index (χ4n) is 3.04. The third-order valence-electron chi connectivity index (χ3n) is 4.57. The van der Waals surface area contributed by atoms with Crippen molar-refractivity contribution >= 4 is 41.1 Å². The van der Waals surface area contributed by atoms with E-state index in [4.69, 9.17) is 20.8 Å². The van der Waals surface area contributed by atoms with Gasteiger partial charge in [-0.05, 0) is 61.5 Å². The van der Waals surface area contributed by atoms with Crippen molar-refractivity contribution < 1.29 is 23.5 Å². The number of rotatable bonds is 5. The normalized spacial score (nSPS) is 14.8. The van der Waals surface area contributed by atoms with Crippen molar-refractivity contribution in [2.45, 2.75) is 6.92 Å². The Bertz CT molecular complexity index is 1180. The summed E-state index contributed by atoms with van der Waals surface area (Å²) < 4.78 is 10.7. The molecular weight excluding hydrogens is 420 g/mol. The number of benzene rings is 2. The molecule has 0 atom stereocenters. The van der Waals surface area contributed by atoms with E-state index in [0.29, 0.717) is 34.4 Å². The van der Waals surface area contributed by atoms with Gasteiger partial charge in [-0.25, -0.2) is 9.80 Å². The number of hydrogen-bond donors (Lipinski definition) is 1. The van der Waals surface area contributed by atoms with Crippen LogP contribution >= 0.6 is 11.6 Å². The topological polar surface area (TPSA) is 88.9 Å². The standard InChI is InChI=1S/C23H17ClN2O5/c1-2-30-23(29)15-5-3-14(4-6-15)20-12-11-18(31-20)13-19-21(27)25-26(22(19)28)17-9-7-16(24)8-10-17/h3-13H,2H2,1H3,(H,25,27)/b19-13-. The van der Waals surface area contributed by atoms with Gasteiger partial charge in [-0.1, -0.05) is 23.7 Å². The summed E-state index contributed by atoms with van der Waals surface area (Å²) in [6, 6.07) is 16.7. The molecule has 4 rings (SSSR count). The lowest BCUT2D eigenvalue weighted by Gasteiger charge is -2.14. The number of furan rings is 1. The lowest BCUT2D eigenvalue weighted by atomic mass is 10.1. The van der Waals surface area contributed by atoms with E-state index in [1.165, 1.54) is 6.08 Å². The van der Waals surface area contributed by atoms with Crippen LogP contribution in [0.4, 0.5) is 5.69 Å². The molecule has 2 amide bonds. The second-order valence-electron chi connectivity index (χ2n) is 6.62. The third kappa shape index (κ3) is 4.22. The summed E-state index contributed by atoms with van der Waals surface area (Å²) in [5.41, 5.74) is 4.15. The summed E-state index contributed by atoms with van der Waals surface area (Å²) in [5, 5.41) is 1.68. The van der Waals surface area contributed by atoms with Crippen molar-refractivity contribution in [1.29, 1.82) is 0 Å². The molecule has 0 spiro atoms. The Morgan fingerprint density at radius 1 is 1.06 bits per heavy atom. The number of anilines is 1. The number of nitrogens with one attached hydrogen (secondary N) is 1. The van der Waals surface area contributed by atoms with Crippen LogP contribution in [0.5, 0.6) is 0 Å². The van der Waals surface area contributed by atoms with Gasteiger partial charge in [0.05, 0.1) is 17.9 Å². The van der Waals surface area contributed by atoms with E-state index in [-0.39, 0.29) is 5.57 Å². The largest absolute Gasteiger partial charge is 0.462 e. The van der Waals surface area contributed by atoms with E-state index in [1.807, 2.05) is 0 Å². The zero-order valence-corrected chi connectivity index (χ0v) is 17.2. The molecule has 8 heteroatoms. The van der Waals surface area contributed by atoms with Crippen molar-refractivity contribution in [2.24, 2.45) is 0 Å². The Hall–Kier alpha value is -3.84. The molecule has 2 heterocycles. The van der Waals surface area contributed by atoms with Crippen LogP contribution in [0.1, 0.15) is 23.0 Å². The van der Waals surface area contributed by atoms with Crippen molar-refractivity contribution in [3.05, 3.63) is 82.6 Å². The van der Waals surface area contributed by atoms with E-state index in [9.17, 15) is 14.4 Å². The van der Waals surface area contributed by atoms with Gasteiger partial charge in [-0.3, -0.25) is 15.0 Å². The maximum Gasteiger partial charge on any atom is 0.338 e. The van der Waals surface area contributed by atoms with Crippen LogP contribution < -0.4 is 10.4 Å². The Morgan fingerprint density at radius 3 is 2.45 bits per heavy atom. The highest BCUT2D eigenvalue weighted by Gasteiger charge is 2.34. The lowest BCUT2D eigenvalue weighted by Crippen LogP contribution is -2.35. The first-order chi connectivity index (χ1) is 15.0. The summed E-state index contributed by atoms with van der Waals surface area (Å²) >= 11 is 5.87. The first-order valence-corrected chi connectivity index (χ1v) is 9.84. The minimum atomic E-state index is -0.531. The molecule has 0 unspecified atom stereocenters. The highest BCUT2D eigenvalue weighted by atomic mass is 35.5. The number of ether oxygens (including phenoxy) is 1. The molecule has 1 fully saturated rings. The minimum Gasteiger partial charge on any atom is -0.462 e. The van der Waals surface area contributed by atoms with E-state index in [2.05, 4.69) is 5.43 Å². The molecule has 0 aliphatic carbocycles. The Balaban J connectivity index is 1.54. The Kier molecular flexibility index (Phi) is 5.60. The molecule has 0 saturated carbocycles. The van der Waals surface area contributed by atoms with Gasteiger partial charge in [0, 0.05) is 10.6 Å². The van der Waals surface area contributed by atoms with Gasteiger partial charge in [0.2, 0.25) is 0 Å². The number of amides is 2. The molecule has 1 N–H and O–H groups in total. The van der Waals surface area contributed by atoms with Crippen LogP contribution in [0.25, 0.3) is 17.4 Å². The molecule has 3 aromatic rings. The molecule has 0 bridgehead atoms. The van der Waals surface area contributed by atoms with Crippen LogP contribution in [-0.4, -0.2) is 24.4 Å². The number of nitrogens with zero attached hydrogens (tertiary/aromatic N) is 1. The smallest absolute Gasteiger partial charge is 0.338 e. The average Bonchev–Trinajstić information content (AvgIpc) is 3.35. The van der Waals surface area contributed by atoms with Crippen molar-refractivity contribution in [1.82, 2.24) is 5.43 Å². The van der Waals surface area contributed by atoms with Gasteiger partial charge < -0.3 is 9.15 Å². The molecule has 1 saturated heterocycles. The first-order valence-electron chi connectivity index (χ1n) is 9.46. The lowest BCUT2D eigenvalue weighted by molar-refractivity contribution is -0.117. The van der Waals surface area contributed by atoms with E-state index >= 15 is 0 Å². The summed E-state index contributed by atoms with van der Waals surface area (Å²) in [6.45, 7) is 2.05. The molecule has 1 aromatic heterocycles. The van der Waals surface area contributed by atoms with Crippen molar-refractivity contribution in [3.63, 3.8) is 0 Å². The number of esters is 1. The summed E-state index contributed by atoms with van der Waals surface area (Å²) in [7, 11) is 0. The molecular formula is C23H17ClN2O5. The Labute approximate surface area is 182 Å². The fraction of sp³-hybridized carbons (Fsp3) is 0.0870. The van der Waals surface area contributed by atoms with Crippen molar-refractivity contribution in [3.8, 4) is 11.3 Å². The minimum absolute atomic E-state index is 0.0477. The van der Waals surface area contributed by atoms with Crippen molar-refractivity contribution in [2.75, 3.05) is 11.6 Å². The van der Waals surface area contributed by atoms with E-state index in [0.717, 1.165) is 10.6 Å². The molecule has 2 aromatic carbocycles. The molecule has 1 aliphatic rings. The predicted octanol–water partition coefficient (Wildman–Crippen LogP) is 4.24. The van der Waals surface area contributed by atoms with Gasteiger partial charge in [0.1, 0.15) is 17.1 Å². The maximum absolute atomic E-state index is 12.7. The molecule has 156 valence electrons. The van der Waals surface area contributed by atoms with Gasteiger partial charge in [0.15, 0.2) is 0 Å². The van der Waals surface area contributed by atoms with Gasteiger partial charge in [-0.15, -0.1) is 0 Å². The number of carbonyl (C=O) groups excluding carboxylic acids is 3. The van der Waals surface area contributed by atoms with Gasteiger partial charge in [0.25, 0.3) is 11.8 Å². The monoisotopic (exact) mass is 436 g/mol. The zero-order chi connectivity index (χ0) is 22.0. The second-order valence-corrected chi connectivity index (χ2v) is 7.05. The molecule has 7 nitrogen and oxygen atoms in total.